The van der Waals surface area contributed by atoms with Crippen LogP contribution in [0.1, 0.15) is 67.9 Å². The predicted molar refractivity (Wildman–Crippen MR) is 86.9 cm³/mol. The van der Waals surface area contributed by atoms with Crippen LogP contribution in [0.25, 0.3) is 0 Å². The van der Waals surface area contributed by atoms with E-state index in [4.69, 9.17) is 0 Å². The number of aromatic hydroxyl groups is 1. The smallest absolute Gasteiger partial charge is 0.309 e. The number of carboxylic acids is 1. The van der Waals surface area contributed by atoms with Crippen molar-refractivity contribution in [2.75, 3.05) is 0 Å². The molecule has 2 aliphatic rings. The number of ketones is 1. The highest BCUT2D eigenvalue weighted by atomic mass is 16.4. The highest BCUT2D eigenvalue weighted by Crippen LogP contribution is 2.57. The summed E-state index contributed by atoms with van der Waals surface area (Å²) in [7, 11) is 0. The first-order valence-corrected chi connectivity index (χ1v) is 8.31. The molecule has 0 unspecified atom stereocenters. The Morgan fingerprint density at radius 3 is 2.52 bits per heavy atom. The van der Waals surface area contributed by atoms with Crippen LogP contribution in [0.2, 0.25) is 0 Å². The van der Waals surface area contributed by atoms with Gasteiger partial charge < -0.3 is 10.2 Å². The zero-order valence-electron chi connectivity index (χ0n) is 14.0. The van der Waals surface area contributed by atoms with E-state index in [2.05, 4.69) is 6.92 Å². The summed E-state index contributed by atoms with van der Waals surface area (Å²) in [5.41, 5.74) is 1.50. The molecule has 0 spiro atoms. The number of phenolic OH excluding ortho intramolecular Hbond substituents is 1. The van der Waals surface area contributed by atoms with Gasteiger partial charge in [-0.05, 0) is 74.1 Å². The molecule has 0 aliphatic heterocycles. The van der Waals surface area contributed by atoms with Crippen molar-refractivity contribution in [1.29, 1.82) is 0 Å². The van der Waals surface area contributed by atoms with Crippen LogP contribution < -0.4 is 0 Å². The van der Waals surface area contributed by atoms with Crippen LogP contribution in [0.4, 0.5) is 0 Å². The molecule has 3 rings (SSSR count). The first-order chi connectivity index (χ1) is 10.7. The van der Waals surface area contributed by atoms with E-state index in [9.17, 15) is 19.8 Å². The molecule has 2 N–H and O–H groups in total. The van der Waals surface area contributed by atoms with Gasteiger partial charge in [-0.25, -0.2) is 0 Å². The highest BCUT2D eigenvalue weighted by Gasteiger charge is 2.55. The number of rotatable bonds is 2. The van der Waals surface area contributed by atoms with E-state index < -0.39 is 11.4 Å². The van der Waals surface area contributed by atoms with E-state index in [0.29, 0.717) is 12.0 Å². The lowest BCUT2D eigenvalue weighted by molar-refractivity contribution is -0.157. The molecule has 1 fully saturated rings. The molecule has 0 heterocycles. The zero-order chi connectivity index (χ0) is 17.0. The molecule has 0 radical (unpaired) electrons. The van der Waals surface area contributed by atoms with Crippen molar-refractivity contribution in [1.82, 2.24) is 0 Å². The Bertz CT molecular complexity index is 693. The molecule has 0 aromatic heterocycles. The molecular weight excluding hydrogens is 292 g/mol. The van der Waals surface area contributed by atoms with E-state index in [-0.39, 0.29) is 22.9 Å². The summed E-state index contributed by atoms with van der Waals surface area (Å²) in [6, 6.07) is 3.52. The van der Waals surface area contributed by atoms with Crippen LogP contribution in [0.3, 0.4) is 0 Å². The molecule has 0 saturated heterocycles. The number of aliphatic carboxylic acids is 1. The minimum atomic E-state index is -0.723. The standard InChI is InChI=1S/C19H24O4/c1-11(20)13-9-12-5-6-16-18(2,14(12)10-15(13)21)7-4-8-19(16,3)17(22)23/h9-10,16,21H,4-8H2,1-3H3,(H,22,23)/t16-,18-,19+/m1/s1. The quantitative estimate of drug-likeness (QED) is 0.816. The number of carbonyl (C=O) groups excluding carboxylic acids is 1. The fourth-order valence-electron chi connectivity index (χ4n) is 5.04. The second-order valence-electron chi connectivity index (χ2n) is 7.67. The SMILES string of the molecule is CC(=O)c1cc2c(cc1O)[C@@]1(C)CCC[C@](C)(C(=O)O)[C@@H]1CC2. The number of benzene rings is 1. The lowest BCUT2D eigenvalue weighted by Crippen LogP contribution is -2.52. The van der Waals surface area contributed by atoms with Crippen molar-refractivity contribution < 1.29 is 19.8 Å². The Balaban J connectivity index is 2.15. The molecular formula is C19H24O4. The Kier molecular flexibility index (Phi) is 3.54. The van der Waals surface area contributed by atoms with Gasteiger partial charge in [0.25, 0.3) is 0 Å². The predicted octanol–water partition coefficient (Wildman–Crippen LogP) is 3.69. The molecule has 1 aromatic rings. The summed E-state index contributed by atoms with van der Waals surface area (Å²) in [6.07, 6.45) is 4.07. The van der Waals surface area contributed by atoms with Crippen molar-refractivity contribution in [3.8, 4) is 5.75 Å². The average Bonchev–Trinajstić information content (AvgIpc) is 2.46. The summed E-state index contributed by atoms with van der Waals surface area (Å²) in [5, 5.41) is 20.0. The van der Waals surface area contributed by atoms with Crippen molar-refractivity contribution in [3.05, 3.63) is 28.8 Å². The number of Topliss-reactive ketones (excluding diaryl/α,β-unsaturated/α-hetero) is 1. The molecule has 124 valence electrons. The van der Waals surface area contributed by atoms with E-state index in [0.717, 1.165) is 36.8 Å². The third-order valence-electron chi connectivity index (χ3n) is 6.34. The lowest BCUT2D eigenvalue weighted by Gasteiger charge is -2.53. The third kappa shape index (κ3) is 2.19. The number of aryl methyl sites for hydroxylation is 1. The number of carboxylic acid groups (broad SMARTS) is 1. The molecule has 0 bridgehead atoms. The maximum atomic E-state index is 11.9. The van der Waals surface area contributed by atoms with E-state index in [1.54, 1.807) is 12.1 Å². The lowest BCUT2D eigenvalue weighted by atomic mass is 9.50. The third-order valence-corrected chi connectivity index (χ3v) is 6.34. The summed E-state index contributed by atoms with van der Waals surface area (Å²) in [5.74, 6) is -0.796. The maximum absolute atomic E-state index is 11.9. The number of phenols is 1. The van der Waals surface area contributed by atoms with Crippen molar-refractivity contribution in [2.24, 2.45) is 11.3 Å². The maximum Gasteiger partial charge on any atom is 0.309 e. The summed E-state index contributed by atoms with van der Waals surface area (Å²) >= 11 is 0. The minimum absolute atomic E-state index is 0.0146. The molecule has 1 saturated carbocycles. The summed E-state index contributed by atoms with van der Waals surface area (Å²) in [4.78, 5) is 23.6. The summed E-state index contributed by atoms with van der Waals surface area (Å²) < 4.78 is 0. The van der Waals surface area contributed by atoms with E-state index in [1.165, 1.54) is 6.92 Å². The molecule has 23 heavy (non-hydrogen) atoms. The largest absolute Gasteiger partial charge is 0.507 e. The van der Waals surface area contributed by atoms with Crippen LogP contribution in [0, 0.1) is 11.3 Å². The topological polar surface area (TPSA) is 74.6 Å². The van der Waals surface area contributed by atoms with Gasteiger partial charge in [0.15, 0.2) is 5.78 Å². The molecule has 0 amide bonds. The molecule has 3 atom stereocenters. The van der Waals surface area contributed by atoms with Crippen molar-refractivity contribution >= 4 is 11.8 Å². The fraction of sp³-hybridized carbons (Fsp3) is 0.579. The van der Waals surface area contributed by atoms with Crippen LogP contribution in [0.15, 0.2) is 12.1 Å². The molecule has 4 heteroatoms. The number of fused-ring (bicyclic) bond motifs is 3. The summed E-state index contributed by atoms with van der Waals surface area (Å²) in [6.45, 7) is 5.45. The highest BCUT2D eigenvalue weighted by molar-refractivity contribution is 5.97. The van der Waals surface area contributed by atoms with Gasteiger partial charge in [-0.2, -0.15) is 0 Å². The second-order valence-corrected chi connectivity index (χ2v) is 7.67. The number of carbonyl (C=O) groups is 2. The Morgan fingerprint density at radius 1 is 1.22 bits per heavy atom. The number of hydrogen-bond acceptors (Lipinski definition) is 3. The second kappa shape index (κ2) is 5.08. The van der Waals surface area contributed by atoms with Gasteiger partial charge in [0.2, 0.25) is 0 Å². The van der Waals surface area contributed by atoms with Gasteiger partial charge in [-0.15, -0.1) is 0 Å². The average molecular weight is 316 g/mol. The van der Waals surface area contributed by atoms with Gasteiger partial charge in [-0.1, -0.05) is 13.3 Å². The molecule has 4 nitrogen and oxygen atoms in total. The molecule has 1 aromatic carbocycles. The Hall–Kier alpha value is -1.84. The van der Waals surface area contributed by atoms with Gasteiger partial charge in [0, 0.05) is 0 Å². The van der Waals surface area contributed by atoms with E-state index in [1.807, 2.05) is 6.92 Å². The van der Waals surface area contributed by atoms with Gasteiger partial charge in [0.1, 0.15) is 5.75 Å². The monoisotopic (exact) mass is 316 g/mol. The van der Waals surface area contributed by atoms with Gasteiger partial charge in [-0.3, -0.25) is 9.59 Å². The van der Waals surface area contributed by atoms with Gasteiger partial charge in [0.05, 0.1) is 11.0 Å². The first kappa shape index (κ1) is 16.0. The minimum Gasteiger partial charge on any atom is -0.507 e. The fourth-order valence-corrected chi connectivity index (χ4v) is 5.04. The zero-order valence-corrected chi connectivity index (χ0v) is 14.0. The van der Waals surface area contributed by atoms with Gasteiger partial charge >= 0.3 is 5.97 Å². The van der Waals surface area contributed by atoms with Crippen molar-refractivity contribution in [2.45, 2.75) is 58.3 Å². The Morgan fingerprint density at radius 2 is 1.91 bits per heavy atom. The van der Waals surface area contributed by atoms with Crippen LogP contribution in [-0.4, -0.2) is 22.0 Å². The van der Waals surface area contributed by atoms with Crippen LogP contribution in [0.5, 0.6) is 5.75 Å². The number of hydrogen-bond donors (Lipinski definition) is 2. The van der Waals surface area contributed by atoms with Crippen LogP contribution in [-0.2, 0) is 16.6 Å². The van der Waals surface area contributed by atoms with Crippen LogP contribution >= 0.6 is 0 Å². The Labute approximate surface area is 136 Å². The first-order valence-electron chi connectivity index (χ1n) is 8.31. The van der Waals surface area contributed by atoms with Crippen molar-refractivity contribution in [3.63, 3.8) is 0 Å². The molecule has 2 aliphatic carbocycles. The van der Waals surface area contributed by atoms with E-state index >= 15 is 0 Å². The normalized spacial score (nSPS) is 32.7.